The number of nitrogens with one attached hydrogen (secondary N) is 1. The summed E-state index contributed by atoms with van der Waals surface area (Å²) in [6.07, 6.45) is 2.32. The van der Waals surface area contributed by atoms with Gasteiger partial charge in [0.1, 0.15) is 0 Å². The first-order valence-electron chi connectivity index (χ1n) is 5.86. The van der Waals surface area contributed by atoms with Crippen LogP contribution >= 0.6 is 0 Å². The van der Waals surface area contributed by atoms with E-state index in [4.69, 9.17) is 4.74 Å². The molecule has 0 amide bonds. The van der Waals surface area contributed by atoms with Gasteiger partial charge in [-0.2, -0.15) is 0 Å². The molecule has 4 nitrogen and oxygen atoms in total. The summed E-state index contributed by atoms with van der Waals surface area (Å²) in [5.74, 6) is 0.114. The molecule has 1 fully saturated rings. The van der Waals surface area contributed by atoms with Crippen LogP contribution in [0.5, 0.6) is 0 Å². The first kappa shape index (κ1) is 13.9. The molecule has 1 heterocycles. The van der Waals surface area contributed by atoms with Crippen LogP contribution in [0.2, 0.25) is 0 Å². The summed E-state index contributed by atoms with van der Waals surface area (Å²) in [5, 5.41) is 3.31. The van der Waals surface area contributed by atoms with Crippen molar-refractivity contribution in [3.05, 3.63) is 0 Å². The second kappa shape index (κ2) is 5.47. The van der Waals surface area contributed by atoms with Crippen molar-refractivity contribution in [1.29, 1.82) is 0 Å². The van der Waals surface area contributed by atoms with E-state index >= 15 is 0 Å². The molecular formula is C11H23NO3S. The van der Waals surface area contributed by atoms with Gasteiger partial charge in [0, 0.05) is 6.04 Å². The maximum atomic E-state index is 11.8. The minimum atomic E-state index is -3.04. The summed E-state index contributed by atoms with van der Waals surface area (Å²) in [7, 11) is -3.04. The van der Waals surface area contributed by atoms with Gasteiger partial charge in [0.05, 0.1) is 23.7 Å². The van der Waals surface area contributed by atoms with Crippen molar-refractivity contribution in [2.75, 3.05) is 25.5 Å². The Morgan fingerprint density at radius 1 is 1.38 bits per heavy atom. The highest BCUT2D eigenvalue weighted by atomic mass is 32.2. The Morgan fingerprint density at radius 2 is 2.06 bits per heavy atom. The van der Waals surface area contributed by atoms with E-state index in [2.05, 4.69) is 5.32 Å². The third kappa shape index (κ3) is 4.03. The molecule has 0 radical (unpaired) electrons. The Morgan fingerprint density at radius 3 is 2.56 bits per heavy atom. The molecule has 16 heavy (non-hydrogen) atoms. The molecule has 96 valence electrons. The zero-order chi connectivity index (χ0) is 12.2. The Kier molecular flexibility index (Phi) is 4.76. The van der Waals surface area contributed by atoms with Gasteiger partial charge in [-0.25, -0.2) is 8.42 Å². The maximum Gasteiger partial charge on any atom is 0.157 e. The average Bonchev–Trinajstić information content (AvgIpc) is 2.63. The van der Waals surface area contributed by atoms with Gasteiger partial charge in [-0.3, -0.25) is 0 Å². The van der Waals surface area contributed by atoms with Crippen LogP contribution < -0.4 is 5.32 Å². The third-order valence-corrected chi connectivity index (χ3v) is 5.48. The molecule has 1 rings (SSSR count). The average molecular weight is 249 g/mol. The first-order chi connectivity index (χ1) is 7.33. The fraction of sp³-hybridized carbons (Fsp3) is 1.00. The van der Waals surface area contributed by atoms with Crippen molar-refractivity contribution in [3.8, 4) is 0 Å². The Balaban J connectivity index is 2.20. The predicted octanol–water partition coefficient (Wildman–Crippen LogP) is 0.968. The monoisotopic (exact) mass is 249 g/mol. The molecule has 0 bridgehead atoms. The Hall–Kier alpha value is -0.130. The van der Waals surface area contributed by atoms with Crippen LogP contribution in [0.25, 0.3) is 0 Å². The molecule has 0 aromatic carbocycles. The third-order valence-electron chi connectivity index (χ3n) is 2.91. The number of hydrogen-bond acceptors (Lipinski definition) is 4. The second-order valence-electron chi connectivity index (χ2n) is 5.30. The molecule has 5 heteroatoms. The highest BCUT2D eigenvalue weighted by Crippen LogP contribution is 2.15. The lowest BCUT2D eigenvalue weighted by molar-refractivity contribution is 0.129. The fourth-order valence-corrected chi connectivity index (χ4v) is 2.55. The summed E-state index contributed by atoms with van der Waals surface area (Å²) in [5.41, 5.74) is 0. The maximum absolute atomic E-state index is 11.8. The zero-order valence-corrected chi connectivity index (χ0v) is 11.3. The summed E-state index contributed by atoms with van der Waals surface area (Å²) >= 11 is 0. The highest BCUT2D eigenvalue weighted by Gasteiger charge is 2.28. The van der Waals surface area contributed by atoms with Crippen LogP contribution in [-0.4, -0.2) is 44.7 Å². The van der Waals surface area contributed by atoms with Gasteiger partial charge in [-0.1, -0.05) is 0 Å². The van der Waals surface area contributed by atoms with E-state index in [1.54, 1.807) is 20.8 Å². The summed E-state index contributed by atoms with van der Waals surface area (Å²) in [6.45, 7) is 7.15. The SMILES string of the molecule is CC(C)(C)S(=O)(=O)CCOCC1CCCN1. The van der Waals surface area contributed by atoms with Gasteiger partial charge in [0.2, 0.25) is 0 Å². The lowest BCUT2D eigenvalue weighted by Gasteiger charge is -2.19. The normalized spacial score (nSPS) is 22.6. The number of rotatable bonds is 5. The van der Waals surface area contributed by atoms with Crippen LogP contribution in [0.3, 0.4) is 0 Å². The zero-order valence-electron chi connectivity index (χ0n) is 10.5. The van der Waals surface area contributed by atoms with Gasteiger partial charge >= 0.3 is 0 Å². The number of hydrogen-bond donors (Lipinski definition) is 1. The van der Waals surface area contributed by atoms with Crippen LogP contribution in [0, 0.1) is 0 Å². The molecule has 0 spiro atoms. The highest BCUT2D eigenvalue weighted by molar-refractivity contribution is 7.92. The van der Waals surface area contributed by atoms with Crippen LogP contribution in [0.1, 0.15) is 33.6 Å². The Labute approximate surface area is 98.7 Å². The largest absolute Gasteiger partial charge is 0.379 e. The minimum Gasteiger partial charge on any atom is -0.379 e. The molecule has 0 aromatic heterocycles. The van der Waals surface area contributed by atoms with E-state index in [0.29, 0.717) is 19.3 Å². The molecule has 1 aliphatic rings. The Bertz CT molecular complexity index is 300. The van der Waals surface area contributed by atoms with Crippen molar-refractivity contribution in [2.24, 2.45) is 0 Å². The van der Waals surface area contributed by atoms with E-state index in [-0.39, 0.29) is 5.75 Å². The van der Waals surface area contributed by atoms with E-state index in [0.717, 1.165) is 13.0 Å². The van der Waals surface area contributed by atoms with Crippen LogP contribution in [0.4, 0.5) is 0 Å². The lowest BCUT2D eigenvalue weighted by Crippen LogP contribution is -2.33. The molecule has 1 saturated heterocycles. The number of ether oxygens (including phenoxy) is 1. The van der Waals surface area contributed by atoms with Crippen molar-refractivity contribution in [3.63, 3.8) is 0 Å². The second-order valence-corrected chi connectivity index (χ2v) is 8.16. The summed E-state index contributed by atoms with van der Waals surface area (Å²) < 4.78 is 28.2. The molecular weight excluding hydrogens is 226 g/mol. The molecule has 1 aliphatic heterocycles. The topological polar surface area (TPSA) is 55.4 Å². The summed E-state index contributed by atoms with van der Waals surface area (Å²) in [4.78, 5) is 0. The van der Waals surface area contributed by atoms with Crippen molar-refractivity contribution in [1.82, 2.24) is 5.32 Å². The molecule has 1 N–H and O–H groups in total. The smallest absolute Gasteiger partial charge is 0.157 e. The first-order valence-corrected chi connectivity index (χ1v) is 7.51. The van der Waals surface area contributed by atoms with E-state index in [1.807, 2.05) is 0 Å². The lowest BCUT2D eigenvalue weighted by atomic mass is 10.2. The minimum absolute atomic E-state index is 0.114. The quantitative estimate of drug-likeness (QED) is 0.738. The van der Waals surface area contributed by atoms with Crippen LogP contribution in [0.15, 0.2) is 0 Å². The van der Waals surface area contributed by atoms with Gasteiger partial charge in [0.25, 0.3) is 0 Å². The van der Waals surface area contributed by atoms with E-state index in [9.17, 15) is 8.42 Å². The summed E-state index contributed by atoms with van der Waals surface area (Å²) in [6, 6.07) is 0.414. The predicted molar refractivity (Wildman–Crippen MR) is 65.4 cm³/mol. The van der Waals surface area contributed by atoms with Gasteiger partial charge in [-0.15, -0.1) is 0 Å². The van der Waals surface area contributed by atoms with Crippen LogP contribution in [-0.2, 0) is 14.6 Å². The molecule has 0 saturated carbocycles. The van der Waals surface area contributed by atoms with E-state index in [1.165, 1.54) is 6.42 Å². The van der Waals surface area contributed by atoms with E-state index < -0.39 is 14.6 Å². The fourth-order valence-electron chi connectivity index (χ4n) is 1.60. The molecule has 0 aliphatic carbocycles. The molecule has 0 aromatic rings. The standard InChI is InChI=1S/C11H23NO3S/c1-11(2,3)16(13,14)8-7-15-9-10-5-4-6-12-10/h10,12H,4-9H2,1-3H3. The van der Waals surface area contributed by atoms with Gasteiger partial charge in [0.15, 0.2) is 9.84 Å². The molecule has 1 atom stereocenters. The van der Waals surface area contributed by atoms with Crippen molar-refractivity contribution in [2.45, 2.75) is 44.4 Å². The van der Waals surface area contributed by atoms with Crippen molar-refractivity contribution >= 4 is 9.84 Å². The van der Waals surface area contributed by atoms with Crippen molar-refractivity contribution < 1.29 is 13.2 Å². The van der Waals surface area contributed by atoms with Gasteiger partial charge in [-0.05, 0) is 40.2 Å². The number of sulfone groups is 1. The molecule has 1 unspecified atom stereocenters. The van der Waals surface area contributed by atoms with Gasteiger partial charge < -0.3 is 10.1 Å².